The van der Waals surface area contributed by atoms with Crippen LogP contribution in [-0.4, -0.2) is 11.2 Å². The van der Waals surface area contributed by atoms with E-state index in [9.17, 15) is 5.11 Å². The number of halogens is 2. The van der Waals surface area contributed by atoms with Crippen molar-refractivity contribution < 1.29 is 5.11 Å². The molecule has 2 atom stereocenters. The third kappa shape index (κ3) is 3.95. The Morgan fingerprint density at radius 3 is 2.31 bits per heavy atom. The van der Waals surface area contributed by atoms with Gasteiger partial charge in [-0.2, -0.15) is 0 Å². The molecule has 0 heterocycles. The fourth-order valence-corrected chi connectivity index (χ4v) is 1.63. The van der Waals surface area contributed by atoms with Crippen molar-refractivity contribution in [3.05, 3.63) is 34.9 Å². The normalized spacial score (nSPS) is 15.1. The smallest absolute Gasteiger partial charge is 0.0780 e. The molecular weight excluding hydrogens is 245 g/mol. The molecule has 1 aromatic rings. The lowest BCUT2D eigenvalue weighted by atomic mass is 9.82. The minimum absolute atomic E-state index is 0. The summed E-state index contributed by atoms with van der Waals surface area (Å²) in [4.78, 5) is 0. The standard InChI is InChI=1S/C12H18ClNO.ClH/c1-12(2,3)11(15)10(14)8-5-4-6-9(13)7-8;/h4-7,10-11,15H,14H2,1-3H3;1H/t10-,11-;/m0./s1. The van der Waals surface area contributed by atoms with Crippen LogP contribution in [-0.2, 0) is 0 Å². The molecule has 0 aliphatic carbocycles. The molecule has 1 rings (SSSR count). The molecule has 0 saturated carbocycles. The van der Waals surface area contributed by atoms with Gasteiger partial charge in [-0.1, -0.05) is 44.5 Å². The van der Waals surface area contributed by atoms with Gasteiger partial charge < -0.3 is 10.8 Å². The summed E-state index contributed by atoms with van der Waals surface area (Å²) >= 11 is 5.87. The van der Waals surface area contributed by atoms with Gasteiger partial charge in [0.2, 0.25) is 0 Å². The highest BCUT2D eigenvalue weighted by Crippen LogP contribution is 2.29. The Morgan fingerprint density at radius 2 is 1.88 bits per heavy atom. The molecule has 2 nitrogen and oxygen atoms in total. The second-order valence-corrected chi connectivity index (χ2v) is 5.33. The minimum Gasteiger partial charge on any atom is -0.391 e. The predicted molar refractivity (Wildman–Crippen MR) is 71.1 cm³/mol. The molecule has 0 spiro atoms. The highest BCUT2D eigenvalue weighted by molar-refractivity contribution is 6.30. The average molecular weight is 264 g/mol. The van der Waals surface area contributed by atoms with E-state index in [0.29, 0.717) is 5.02 Å². The summed E-state index contributed by atoms with van der Waals surface area (Å²) in [5.41, 5.74) is 6.62. The second kappa shape index (κ2) is 5.87. The van der Waals surface area contributed by atoms with Crippen LogP contribution in [0.25, 0.3) is 0 Å². The minimum atomic E-state index is -0.587. The molecule has 0 aliphatic rings. The summed E-state index contributed by atoms with van der Waals surface area (Å²) in [6, 6.07) is 6.91. The lowest BCUT2D eigenvalue weighted by Gasteiger charge is -2.31. The van der Waals surface area contributed by atoms with Gasteiger partial charge in [0.25, 0.3) is 0 Å². The van der Waals surface area contributed by atoms with E-state index in [2.05, 4.69) is 0 Å². The van der Waals surface area contributed by atoms with Crippen LogP contribution >= 0.6 is 24.0 Å². The summed E-state index contributed by atoms with van der Waals surface area (Å²) in [6.07, 6.45) is -0.587. The number of nitrogens with two attached hydrogens (primary N) is 1. The van der Waals surface area contributed by atoms with E-state index >= 15 is 0 Å². The van der Waals surface area contributed by atoms with Crippen LogP contribution in [0.3, 0.4) is 0 Å². The summed E-state index contributed by atoms with van der Waals surface area (Å²) in [6.45, 7) is 5.88. The zero-order chi connectivity index (χ0) is 11.6. The van der Waals surface area contributed by atoms with Gasteiger partial charge in [-0.15, -0.1) is 12.4 Å². The summed E-state index contributed by atoms with van der Waals surface area (Å²) < 4.78 is 0. The number of rotatable bonds is 2. The second-order valence-electron chi connectivity index (χ2n) is 4.89. The number of hydrogen-bond donors (Lipinski definition) is 2. The lowest BCUT2D eigenvalue weighted by Crippen LogP contribution is -2.36. The van der Waals surface area contributed by atoms with E-state index in [1.807, 2.05) is 32.9 Å². The fourth-order valence-electron chi connectivity index (χ4n) is 1.43. The maximum Gasteiger partial charge on any atom is 0.0780 e. The van der Waals surface area contributed by atoms with E-state index in [0.717, 1.165) is 5.56 Å². The van der Waals surface area contributed by atoms with Crippen molar-refractivity contribution in [3.8, 4) is 0 Å². The molecule has 0 fully saturated rings. The van der Waals surface area contributed by atoms with Crippen molar-refractivity contribution in [2.24, 2.45) is 11.1 Å². The first-order valence-electron chi connectivity index (χ1n) is 5.01. The van der Waals surface area contributed by atoms with Crippen LogP contribution in [0.2, 0.25) is 5.02 Å². The number of aliphatic hydroxyl groups is 1. The lowest BCUT2D eigenvalue weighted by molar-refractivity contribution is 0.0401. The van der Waals surface area contributed by atoms with Gasteiger partial charge in [-0.25, -0.2) is 0 Å². The Morgan fingerprint density at radius 1 is 1.31 bits per heavy atom. The van der Waals surface area contributed by atoms with Crippen LogP contribution in [0.5, 0.6) is 0 Å². The molecule has 1 aromatic carbocycles. The molecule has 0 unspecified atom stereocenters. The van der Waals surface area contributed by atoms with E-state index in [-0.39, 0.29) is 17.8 Å². The quantitative estimate of drug-likeness (QED) is 0.861. The van der Waals surface area contributed by atoms with Gasteiger partial charge in [0, 0.05) is 5.02 Å². The summed E-state index contributed by atoms with van der Waals surface area (Å²) in [5, 5.41) is 10.7. The predicted octanol–water partition coefficient (Wildman–Crippen LogP) is 3.17. The Bertz CT molecular complexity index is 336. The number of aliphatic hydroxyl groups excluding tert-OH is 1. The first-order valence-corrected chi connectivity index (χ1v) is 5.39. The third-order valence-electron chi connectivity index (χ3n) is 2.46. The zero-order valence-electron chi connectivity index (χ0n) is 9.77. The SMILES string of the molecule is CC(C)(C)[C@@H](O)[C@@H](N)c1cccc(Cl)c1.Cl. The molecule has 0 radical (unpaired) electrons. The molecular formula is C12H19Cl2NO. The first-order chi connectivity index (χ1) is 6.82. The summed E-state index contributed by atoms with van der Waals surface area (Å²) in [7, 11) is 0. The van der Waals surface area contributed by atoms with Crippen LogP contribution in [0.15, 0.2) is 24.3 Å². The van der Waals surface area contributed by atoms with Gasteiger partial charge in [0.05, 0.1) is 12.1 Å². The highest BCUT2D eigenvalue weighted by atomic mass is 35.5. The van der Waals surface area contributed by atoms with Gasteiger partial charge in [0.15, 0.2) is 0 Å². The Labute approximate surface area is 108 Å². The van der Waals surface area contributed by atoms with Crippen molar-refractivity contribution in [2.45, 2.75) is 32.9 Å². The maximum absolute atomic E-state index is 10.0. The molecule has 4 heteroatoms. The van der Waals surface area contributed by atoms with E-state index in [4.69, 9.17) is 17.3 Å². The van der Waals surface area contributed by atoms with Crippen molar-refractivity contribution in [2.75, 3.05) is 0 Å². The first kappa shape index (κ1) is 15.7. The van der Waals surface area contributed by atoms with Crippen LogP contribution < -0.4 is 5.73 Å². The molecule has 0 bridgehead atoms. The largest absolute Gasteiger partial charge is 0.391 e. The van der Waals surface area contributed by atoms with Gasteiger partial charge >= 0.3 is 0 Å². The van der Waals surface area contributed by atoms with Gasteiger partial charge in [-0.05, 0) is 23.1 Å². The fraction of sp³-hybridized carbons (Fsp3) is 0.500. The Hall–Kier alpha value is -0.280. The van der Waals surface area contributed by atoms with E-state index in [1.54, 1.807) is 12.1 Å². The molecule has 0 aliphatic heterocycles. The molecule has 0 saturated heterocycles. The van der Waals surface area contributed by atoms with E-state index < -0.39 is 12.1 Å². The Kier molecular flexibility index (Phi) is 5.77. The van der Waals surface area contributed by atoms with Gasteiger partial charge in [0.1, 0.15) is 0 Å². The van der Waals surface area contributed by atoms with Crippen molar-refractivity contribution >= 4 is 24.0 Å². The van der Waals surface area contributed by atoms with E-state index in [1.165, 1.54) is 0 Å². The maximum atomic E-state index is 10.0. The van der Waals surface area contributed by atoms with Crippen LogP contribution in [0.4, 0.5) is 0 Å². The average Bonchev–Trinajstić information content (AvgIpc) is 2.14. The molecule has 0 amide bonds. The monoisotopic (exact) mass is 263 g/mol. The number of benzene rings is 1. The topological polar surface area (TPSA) is 46.2 Å². The van der Waals surface area contributed by atoms with Crippen LogP contribution in [0, 0.1) is 5.41 Å². The van der Waals surface area contributed by atoms with Crippen LogP contribution in [0.1, 0.15) is 32.4 Å². The third-order valence-corrected chi connectivity index (χ3v) is 2.70. The molecule has 16 heavy (non-hydrogen) atoms. The summed E-state index contributed by atoms with van der Waals surface area (Å²) in [5.74, 6) is 0. The van der Waals surface area contributed by atoms with Crippen molar-refractivity contribution in [1.29, 1.82) is 0 Å². The van der Waals surface area contributed by atoms with Crippen molar-refractivity contribution in [3.63, 3.8) is 0 Å². The molecule has 0 aromatic heterocycles. The van der Waals surface area contributed by atoms with Gasteiger partial charge in [-0.3, -0.25) is 0 Å². The molecule has 3 N–H and O–H groups in total. The highest BCUT2D eigenvalue weighted by Gasteiger charge is 2.28. The Balaban J connectivity index is 0.00000225. The molecule has 92 valence electrons. The van der Waals surface area contributed by atoms with Crippen molar-refractivity contribution in [1.82, 2.24) is 0 Å². The number of hydrogen-bond acceptors (Lipinski definition) is 2. The zero-order valence-corrected chi connectivity index (χ0v) is 11.3.